The SMILES string of the molecule is O=S(=O)(NCCOc1ccc(-c2ccc(F)cc2)nn1)c1cccs1. The van der Waals surface area contributed by atoms with Gasteiger partial charge in [-0.05, 0) is 41.8 Å². The average Bonchev–Trinajstić information content (AvgIpc) is 3.16. The Bertz CT molecular complexity index is 912. The Hall–Kier alpha value is -2.36. The third-order valence-corrected chi connectivity index (χ3v) is 6.04. The van der Waals surface area contributed by atoms with Crippen LogP contribution in [0.1, 0.15) is 0 Å². The van der Waals surface area contributed by atoms with E-state index in [1.807, 2.05) is 0 Å². The fraction of sp³-hybridized carbons (Fsp3) is 0.125. The van der Waals surface area contributed by atoms with Crippen LogP contribution in [0.4, 0.5) is 4.39 Å². The molecule has 1 aromatic carbocycles. The summed E-state index contributed by atoms with van der Waals surface area (Å²) in [6.07, 6.45) is 0. The molecule has 1 N–H and O–H groups in total. The van der Waals surface area contributed by atoms with E-state index >= 15 is 0 Å². The predicted octanol–water partition coefficient (Wildman–Crippen LogP) is 2.70. The number of hydrogen-bond donors (Lipinski definition) is 1. The topological polar surface area (TPSA) is 81.2 Å². The summed E-state index contributed by atoms with van der Waals surface area (Å²) in [6, 6.07) is 12.5. The number of benzene rings is 1. The van der Waals surface area contributed by atoms with Crippen LogP contribution in [0.2, 0.25) is 0 Å². The second kappa shape index (κ2) is 7.68. The zero-order valence-corrected chi connectivity index (χ0v) is 14.6. The van der Waals surface area contributed by atoms with Crippen LogP contribution in [-0.4, -0.2) is 31.8 Å². The Morgan fingerprint density at radius 1 is 1.08 bits per heavy atom. The smallest absolute Gasteiger partial charge is 0.250 e. The highest BCUT2D eigenvalue weighted by Crippen LogP contribution is 2.18. The normalized spacial score (nSPS) is 11.4. The number of sulfonamides is 1. The lowest BCUT2D eigenvalue weighted by molar-refractivity contribution is 0.307. The number of nitrogens with one attached hydrogen (secondary N) is 1. The zero-order valence-electron chi connectivity index (χ0n) is 12.9. The van der Waals surface area contributed by atoms with E-state index < -0.39 is 10.0 Å². The number of thiophene rings is 1. The monoisotopic (exact) mass is 379 g/mol. The fourth-order valence-electron chi connectivity index (χ4n) is 1.99. The van der Waals surface area contributed by atoms with E-state index in [0.29, 0.717) is 5.69 Å². The first-order valence-corrected chi connectivity index (χ1v) is 9.66. The van der Waals surface area contributed by atoms with Gasteiger partial charge in [0.2, 0.25) is 15.9 Å². The molecule has 130 valence electrons. The van der Waals surface area contributed by atoms with Gasteiger partial charge in [-0.15, -0.1) is 21.5 Å². The van der Waals surface area contributed by atoms with E-state index in [0.717, 1.165) is 16.9 Å². The maximum absolute atomic E-state index is 12.9. The molecule has 0 spiro atoms. The van der Waals surface area contributed by atoms with Crippen molar-refractivity contribution in [1.29, 1.82) is 0 Å². The molecule has 0 amide bonds. The lowest BCUT2D eigenvalue weighted by Crippen LogP contribution is -2.27. The van der Waals surface area contributed by atoms with E-state index in [2.05, 4.69) is 14.9 Å². The summed E-state index contributed by atoms with van der Waals surface area (Å²) in [7, 11) is -3.50. The minimum atomic E-state index is -3.50. The van der Waals surface area contributed by atoms with Crippen LogP contribution in [-0.2, 0) is 10.0 Å². The number of ether oxygens (including phenoxy) is 1. The van der Waals surface area contributed by atoms with Crippen LogP contribution in [0.5, 0.6) is 5.88 Å². The molecule has 2 aromatic heterocycles. The van der Waals surface area contributed by atoms with Gasteiger partial charge in [-0.25, -0.2) is 17.5 Å². The maximum Gasteiger partial charge on any atom is 0.250 e. The van der Waals surface area contributed by atoms with Crippen molar-refractivity contribution in [2.45, 2.75) is 4.21 Å². The van der Waals surface area contributed by atoms with Gasteiger partial charge in [-0.3, -0.25) is 0 Å². The van der Waals surface area contributed by atoms with E-state index in [9.17, 15) is 12.8 Å². The molecule has 0 saturated carbocycles. The molecule has 0 unspecified atom stereocenters. The second-order valence-corrected chi connectivity index (χ2v) is 7.88. The fourth-order valence-corrected chi connectivity index (χ4v) is 4.04. The molecule has 0 fully saturated rings. The van der Waals surface area contributed by atoms with Gasteiger partial charge in [-0.2, -0.15) is 0 Å². The number of halogens is 1. The van der Waals surface area contributed by atoms with Gasteiger partial charge in [0.15, 0.2) is 0 Å². The third kappa shape index (κ3) is 4.59. The molecular weight excluding hydrogens is 365 g/mol. The van der Waals surface area contributed by atoms with Crippen molar-refractivity contribution in [3.05, 3.63) is 59.7 Å². The Labute approximate surface area is 148 Å². The quantitative estimate of drug-likeness (QED) is 0.639. The number of rotatable bonds is 7. The Balaban J connectivity index is 1.51. The minimum absolute atomic E-state index is 0.113. The van der Waals surface area contributed by atoms with Crippen molar-refractivity contribution in [1.82, 2.24) is 14.9 Å². The summed E-state index contributed by atoms with van der Waals surface area (Å²) in [5.74, 6) is -0.0390. The molecular formula is C16H14FN3O3S2. The van der Waals surface area contributed by atoms with Crippen LogP contribution < -0.4 is 9.46 Å². The van der Waals surface area contributed by atoms with Gasteiger partial charge in [0.25, 0.3) is 0 Å². The van der Waals surface area contributed by atoms with Crippen molar-refractivity contribution >= 4 is 21.4 Å². The molecule has 0 aliphatic carbocycles. The van der Waals surface area contributed by atoms with Gasteiger partial charge >= 0.3 is 0 Å². The molecule has 0 atom stereocenters. The molecule has 25 heavy (non-hydrogen) atoms. The molecule has 3 aromatic rings. The molecule has 3 rings (SSSR count). The first-order chi connectivity index (χ1) is 12.0. The number of hydrogen-bond acceptors (Lipinski definition) is 6. The molecule has 0 radical (unpaired) electrons. The van der Waals surface area contributed by atoms with E-state index in [4.69, 9.17) is 4.74 Å². The van der Waals surface area contributed by atoms with Gasteiger partial charge in [0.1, 0.15) is 16.6 Å². The Morgan fingerprint density at radius 2 is 1.88 bits per heavy atom. The minimum Gasteiger partial charge on any atom is -0.475 e. The Morgan fingerprint density at radius 3 is 2.52 bits per heavy atom. The highest BCUT2D eigenvalue weighted by molar-refractivity contribution is 7.91. The zero-order chi connectivity index (χ0) is 17.7. The van der Waals surface area contributed by atoms with Crippen LogP contribution in [0.15, 0.2) is 58.1 Å². The van der Waals surface area contributed by atoms with Gasteiger partial charge in [-0.1, -0.05) is 6.07 Å². The van der Waals surface area contributed by atoms with Gasteiger partial charge in [0, 0.05) is 18.2 Å². The van der Waals surface area contributed by atoms with Crippen molar-refractivity contribution in [3.8, 4) is 17.1 Å². The molecule has 9 heteroatoms. The molecule has 0 bridgehead atoms. The summed E-state index contributed by atoms with van der Waals surface area (Å²) in [5, 5.41) is 9.63. The van der Waals surface area contributed by atoms with Gasteiger partial charge in [0.05, 0.1) is 5.69 Å². The average molecular weight is 379 g/mol. The largest absolute Gasteiger partial charge is 0.475 e. The molecule has 0 aliphatic heterocycles. The Kier molecular flexibility index (Phi) is 5.37. The van der Waals surface area contributed by atoms with Crippen molar-refractivity contribution in [3.63, 3.8) is 0 Å². The highest BCUT2D eigenvalue weighted by atomic mass is 32.2. The maximum atomic E-state index is 12.9. The van der Waals surface area contributed by atoms with Crippen LogP contribution >= 0.6 is 11.3 Å². The molecule has 6 nitrogen and oxygen atoms in total. The van der Waals surface area contributed by atoms with E-state index in [1.54, 1.807) is 35.7 Å². The van der Waals surface area contributed by atoms with Crippen LogP contribution in [0.25, 0.3) is 11.3 Å². The predicted molar refractivity (Wildman–Crippen MR) is 92.4 cm³/mol. The lowest BCUT2D eigenvalue weighted by Gasteiger charge is -2.07. The molecule has 2 heterocycles. The van der Waals surface area contributed by atoms with E-state index in [-0.39, 0.29) is 29.1 Å². The first kappa shape index (κ1) is 17.5. The van der Waals surface area contributed by atoms with Crippen molar-refractivity contribution in [2.24, 2.45) is 0 Å². The summed E-state index contributed by atoms with van der Waals surface area (Å²) in [5.41, 5.74) is 1.33. The first-order valence-electron chi connectivity index (χ1n) is 7.30. The summed E-state index contributed by atoms with van der Waals surface area (Å²) < 4.78 is 44.8. The molecule has 0 saturated heterocycles. The third-order valence-electron chi connectivity index (χ3n) is 3.18. The van der Waals surface area contributed by atoms with Crippen molar-refractivity contribution < 1.29 is 17.5 Å². The van der Waals surface area contributed by atoms with Crippen LogP contribution in [0.3, 0.4) is 0 Å². The van der Waals surface area contributed by atoms with Gasteiger partial charge < -0.3 is 4.74 Å². The summed E-state index contributed by atoms with van der Waals surface area (Å²) in [6.45, 7) is 0.233. The van der Waals surface area contributed by atoms with Crippen molar-refractivity contribution in [2.75, 3.05) is 13.2 Å². The second-order valence-electron chi connectivity index (χ2n) is 4.94. The summed E-state index contributed by atoms with van der Waals surface area (Å²) in [4.78, 5) is 0. The van der Waals surface area contributed by atoms with E-state index in [1.165, 1.54) is 18.2 Å². The molecule has 0 aliphatic rings. The number of nitrogens with zero attached hydrogens (tertiary/aromatic N) is 2. The standard InChI is InChI=1S/C16H14FN3O3S2/c17-13-5-3-12(4-6-13)14-7-8-15(20-19-14)23-10-9-18-25(21,22)16-2-1-11-24-16/h1-8,11,18H,9-10H2. The lowest BCUT2D eigenvalue weighted by atomic mass is 10.1. The number of aromatic nitrogens is 2. The van der Waals surface area contributed by atoms with Crippen LogP contribution in [0, 0.1) is 5.82 Å². The summed E-state index contributed by atoms with van der Waals surface area (Å²) >= 11 is 1.15. The highest BCUT2D eigenvalue weighted by Gasteiger charge is 2.14.